The lowest BCUT2D eigenvalue weighted by Gasteiger charge is -2.10. The summed E-state index contributed by atoms with van der Waals surface area (Å²) < 4.78 is 5.75. The predicted octanol–water partition coefficient (Wildman–Crippen LogP) is 4.41. The fourth-order valence-electron chi connectivity index (χ4n) is 3.28. The van der Waals surface area contributed by atoms with E-state index in [1.54, 1.807) is 0 Å². The highest BCUT2D eigenvalue weighted by molar-refractivity contribution is 7.98. The van der Waals surface area contributed by atoms with Gasteiger partial charge in [0.2, 0.25) is 0 Å². The molecule has 3 N–H and O–H groups in total. The number of nitrogens with zero attached hydrogens (tertiary/aromatic N) is 1. The van der Waals surface area contributed by atoms with E-state index >= 15 is 0 Å². The number of thioether (sulfide) groups is 1. The standard InChI is InChI=1S/C27H32N2O2S.C2H4O3/c1-29(2)17-7-16-28-27(30)24-14-12-23(13-15-24)25-9-6-8-22(20-25)21-32-19-18-31-26-10-4-3-5-11-26;3-1-2(4)5/h3-6,8-15,20H,7,16-19,21H2,1-2H3,(H,28,30);3H,1H2,(H,4,5). The molecule has 0 bridgehead atoms. The monoisotopic (exact) mass is 524 g/mol. The van der Waals surface area contributed by atoms with Crippen LogP contribution < -0.4 is 10.1 Å². The Morgan fingerprint density at radius 1 is 0.946 bits per heavy atom. The van der Waals surface area contributed by atoms with Gasteiger partial charge in [-0.15, -0.1) is 0 Å². The average Bonchev–Trinajstić information content (AvgIpc) is 2.92. The fraction of sp³-hybridized carbons (Fsp3) is 0.310. The molecule has 8 heteroatoms. The van der Waals surface area contributed by atoms with Crippen LogP contribution >= 0.6 is 11.8 Å². The van der Waals surface area contributed by atoms with Gasteiger partial charge < -0.3 is 25.2 Å². The van der Waals surface area contributed by atoms with E-state index in [0.29, 0.717) is 18.7 Å². The largest absolute Gasteiger partial charge is 0.493 e. The lowest BCUT2D eigenvalue weighted by atomic mass is 10.0. The molecule has 0 spiro atoms. The van der Waals surface area contributed by atoms with Crippen LogP contribution in [0.25, 0.3) is 11.1 Å². The molecular formula is C29H36N2O5S. The number of benzene rings is 3. The molecule has 0 atom stereocenters. The molecule has 0 fully saturated rings. The number of aliphatic hydroxyl groups excluding tert-OH is 1. The highest BCUT2D eigenvalue weighted by atomic mass is 32.2. The predicted molar refractivity (Wildman–Crippen MR) is 150 cm³/mol. The van der Waals surface area contributed by atoms with E-state index < -0.39 is 12.6 Å². The van der Waals surface area contributed by atoms with E-state index in [4.69, 9.17) is 19.7 Å². The van der Waals surface area contributed by atoms with Gasteiger partial charge in [0.15, 0.2) is 0 Å². The molecule has 0 unspecified atom stereocenters. The zero-order valence-corrected chi connectivity index (χ0v) is 22.2. The summed E-state index contributed by atoms with van der Waals surface area (Å²) in [6.07, 6.45) is 0.944. The molecule has 0 saturated heterocycles. The van der Waals surface area contributed by atoms with Crippen molar-refractivity contribution in [3.63, 3.8) is 0 Å². The number of carbonyl (C=O) groups excluding carboxylic acids is 1. The van der Waals surface area contributed by atoms with Crippen LogP contribution in [0.15, 0.2) is 78.9 Å². The summed E-state index contributed by atoms with van der Waals surface area (Å²) >= 11 is 1.87. The topological polar surface area (TPSA) is 99.1 Å². The van der Waals surface area contributed by atoms with Crippen LogP contribution in [-0.4, -0.2) is 73.1 Å². The van der Waals surface area contributed by atoms with Gasteiger partial charge in [0.05, 0.1) is 6.61 Å². The number of carbonyl (C=O) groups is 2. The number of aliphatic hydroxyl groups is 1. The second kappa shape index (κ2) is 17.2. The number of nitrogens with one attached hydrogen (secondary N) is 1. The van der Waals surface area contributed by atoms with Gasteiger partial charge in [-0.25, -0.2) is 4.79 Å². The van der Waals surface area contributed by atoms with Crippen LogP contribution in [0.1, 0.15) is 22.3 Å². The van der Waals surface area contributed by atoms with Crippen molar-refractivity contribution in [2.75, 3.05) is 46.2 Å². The summed E-state index contributed by atoms with van der Waals surface area (Å²) in [4.78, 5) is 23.6. The third-order valence-electron chi connectivity index (χ3n) is 5.12. The van der Waals surface area contributed by atoms with Crippen LogP contribution in [-0.2, 0) is 10.5 Å². The SMILES string of the molecule is CN(C)CCCNC(=O)c1ccc(-c2cccc(CSCCOc3ccccc3)c2)cc1.O=C(O)CO. The number of hydrogen-bond acceptors (Lipinski definition) is 6. The molecule has 37 heavy (non-hydrogen) atoms. The van der Waals surface area contributed by atoms with Crippen molar-refractivity contribution < 1.29 is 24.5 Å². The van der Waals surface area contributed by atoms with E-state index in [1.165, 1.54) is 11.1 Å². The zero-order valence-electron chi connectivity index (χ0n) is 21.4. The maximum atomic E-state index is 12.3. The van der Waals surface area contributed by atoms with Gasteiger partial charge in [0.25, 0.3) is 5.91 Å². The first-order valence-electron chi connectivity index (χ1n) is 12.1. The molecule has 0 aliphatic carbocycles. The molecule has 0 heterocycles. The van der Waals surface area contributed by atoms with Crippen LogP contribution in [0, 0.1) is 0 Å². The first-order valence-corrected chi connectivity index (χ1v) is 13.2. The van der Waals surface area contributed by atoms with Crippen molar-refractivity contribution in [1.29, 1.82) is 0 Å². The summed E-state index contributed by atoms with van der Waals surface area (Å²) in [5.41, 5.74) is 4.27. The Morgan fingerprint density at radius 3 is 2.30 bits per heavy atom. The van der Waals surface area contributed by atoms with Gasteiger partial charge in [-0.2, -0.15) is 11.8 Å². The van der Waals surface area contributed by atoms with Crippen molar-refractivity contribution in [2.24, 2.45) is 0 Å². The van der Waals surface area contributed by atoms with Gasteiger partial charge in [-0.1, -0.05) is 54.6 Å². The van der Waals surface area contributed by atoms with Crippen molar-refractivity contribution >= 4 is 23.6 Å². The van der Waals surface area contributed by atoms with Gasteiger partial charge in [-0.3, -0.25) is 4.79 Å². The molecular weight excluding hydrogens is 488 g/mol. The molecule has 0 radical (unpaired) electrons. The molecule has 0 saturated carbocycles. The number of carboxylic acid groups (broad SMARTS) is 1. The minimum absolute atomic E-state index is 0.0156. The first kappa shape index (κ1) is 29.9. The third kappa shape index (κ3) is 12.5. The lowest BCUT2D eigenvalue weighted by Crippen LogP contribution is -2.27. The molecule has 198 valence electrons. The number of hydrogen-bond donors (Lipinski definition) is 3. The number of ether oxygens (including phenoxy) is 1. The Kier molecular flexibility index (Phi) is 13.9. The molecule has 0 aliphatic rings. The zero-order chi connectivity index (χ0) is 26.9. The number of carboxylic acids is 1. The van der Waals surface area contributed by atoms with E-state index in [2.05, 4.69) is 34.5 Å². The third-order valence-corrected chi connectivity index (χ3v) is 6.11. The van der Waals surface area contributed by atoms with Crippen molar-refractivity contribution in [2.45, 2.75) is 12.2 Å². The summed E-state index contributed by atoms with van der Waals surface area (Å²) in [6, 6.07) is 26.4. The molecule has 3 rings (SSSR count). The Hall–Kier alpha value is -3.33. The average molecular weight is 525 g/mol. The van der Waals surface area contributed by atoms with Gasteiger partial charge in [0, 0.05) is 23.6 Å². The fourth-order valence-corrected chi connectivity index (χ4v) is 4.04. The number of amides is 1. The second-order valence-electron chi connectivity index (χ2n) is 8.46. The van der Waals surface area contributed by atoms with Gasteiger partial charge in [0.1, 0.15) is 12.4 Å². The van der Waals surface area contributed by atoms with Crippen LogP contribution in [0.2, 0.25) is 0 Å². The summed E-state index contributed by atoms with van der Waals surface area (Å²) in [6.45, 7) is 1.58. The Morgan fingerprint density at radius 2 is 1.65 bits per heavy atom. The van der Waals surface area contributed by atoms with E-state index in [1.807, 2.05) is 80.5 Å². The van der Waals surface area contributed by atoms with Crippen LogP contribution in [0.4, 0.5) is 0 Å². The smallest absolute Gasteiger partial charge is 0.329 e. The first-order chi connectivity index (χ1) is 17.9. The lowest BCUT2D eigenvalue weighted by molar-refractivity contribution is -0.140. The summed E-state index contributed by atoms with van der Waals surface area (Å²) in [5, 5.41) is 18.0. The molecule has 7 nitrogen and oxygen atoms in total. The normalized spacial score (nSPS) is 10.4. The highest BCUT2D eigenvalue weighted by Crippen LogP contribution is 2.23. The Bertz CT molecular complexity index is 1080. The minimum atomic E-state index is -1.19. The highest BCUT2D eigenvalue weighted by Gasteiger charge is 2.06. The molecule has 0 aliphatic heterocycles. The Balaban J connectivity index is 0.000000877. The van der Waals surface area contributed by atoms with Crippen molar-refractivity contribution in [3.8, 4) is 16.9 Å². The van der Waals surface area contributed by atoms with Gasteiger partial charge >= 0.3 is 5.97 Å². The van der Waals surface area contributed by atoms with E-state index in [9.17, 15) is 4.79 Å². The number of para-hydroxylation sites is 1. The number of aliphatic carboxylic acids is 1. The minimum Gasteiger partial charge on any atom is -0.493 e. The molecule has 3 aromatic rings. The Labute approximate surface area is 223 Å². The molecule has 0 aromatic heterocycles. The van der Waals surface area contributed by atoms with E-state index in [-0.39, 0.29) is 5.91 Å². The maximum absolute atomic E-state index is 12.3. The summed E-state index contributed by atoms with van der Waals surface area (Å²) in [5.74, 6) is 1.60. The second-order valence-corrected chi connectivity index (χ2v) is 9.56. The number of rotatable bonds is 13. The van der Waals surface area contributed by atoms with E-state index in [0.717, 1.165) is 35.8 Å². The molecule has 1 amide bonds. The van der Waals surface area contributed by atoms with Gasteiger partial charge in [-0.05, 0) is 68.0 Å². The molecule has 3 aromatic carbocycles. The van der Waals surface area contributed by atoms with Crippen molar-refractivity contribution in [1.82, 2.24) is 10.2 Å². The van der Waals surface area contributed by atoms with Crippen molar-refractivity contribution in [3.05, 3.63) is 90.0 Å². The quantitative estimate of drug-likeness (QED) is 0.285. The van der Waals surface area contributed by atoms with Crippen LogP contribution in [0.3, 0.4) is 0 Å². The summed E-state index contributed by atoms with van der Waals surface area (Å²) in [7, 11) is 4.07. The van der Waals surface area contributed by atoms with Crippen LogP contribution in [0.5, 0.6) is 5.75 Å². The maximum Gasteiger partial charge on any atom is 0.329 e.